The molecule has 1 atom stereocenters. The molecule has 0 fully saturated rings. The van der Waals surface area contributed by atoms with Gasteiger partial charge in [0.1, 0.15) is 16.4 Å². The average Bonchev–Trinajstić information content (AvgIpc) is 3.36. The van der Waals surface area contributed by atoms with E-state index in [0.29, 0.717) is 28.1 Å². The molecule has 0 spiro atoms. The van der Waals surface area contributed by atoms with Crippen LogP contribution < -0.4 is 10.3 Å². The highest BCUT2D eigenvalue weighted by atomic mass is 32.1. The monoisotopic (exact) mass is 435 g/mol. The van der Waals surface area contributed by atoms with E-state index in [1.807, 2.05) is 19.9 Å². The smallest absolute Gasteiger partial charge is 0.297 e. The van der Waals surface area contributed by atoms with E-state index in [1.54, 1.807) is 24.3 Å². The summed E-state index contributed by atoms with van der Waals surface area (Å²) >= 11 is 1.27. The summed E-state index contributed by atoms with van der Waals surface area (Å²) in [5.41, 5.74) is 1.71. The number of halogens is 1. The van der Waals surface area contributed by atoms with Crippen LogP contribution in [-0.4, -0.2) is 16.1 Å². The second kappa shape index (κ2) is 7.39. The van der Waals surface area contributed by atoms with Gasteiger partial charge in [-0.3, -0.25) is 14.5 Å². The molecule has 3 heterocycles. The van der Waals surface area contributed by atoms with Gasteiger partial charge in [-0.2, -0.15) is 0 Å². The third-order valence-corrected chi connectivity index (χ3v) is 6.54. The van der Waals surface area contributed by atoms with E-state index in [9.17, 15) is 14.0 Å². The molecule has 1 aliphatic heterocycles. The Morgan fingerprint density at radius 2 is 1.94 bits per heavy atom. The van der Waals surface area contributed by atoms with Crippen molar-refractivity contribution in [2.24, 2.45) is 0 Å². The van der Waals surface area contributed by atoms with Gasteiger partial charge < -0.3 is 4.42 Å². The topological polar surface area (TPSA) is 76.3 Å². The molecule has 0 N–H and O–H groups in total. The van der Waals surface area contributed by atoms with Crippen molar-refractivity contribution < 1.29 is 13.6 Å². The number of rotatable bonds is 4. The lowest BCUT2D eigenvalue weighted by atomic mass is 9.98. The molecule has 1 unspecified atom stereocenters. The quantitative estimate of drug-likeness (QED) is 0.466. The summed E-state index contributed by atoms with van der Waals surface area (Å²) in [6, 6.07) is 10.4. The molecule has 156 valence electrons. The van der Waals surface area contributed by atoms with Crippen LogP contribution >= 0.6 is 11.3 Å². The maximum atomic E-state index is 14.1. The molecule has 0 radical (unpaired) electrons. The number of benzene rings is 2. The molecule has 5 rings (SSSR count). The summed E-state index contributed by atoms with van der Waals surface area (Å²) in [5, 5.41) is 9.79. The molecule has 0 saturated carbocycles. The van der Waals surface area contributed by atoms with Gasteiger partial charge in [0, 0.05) is 0 Å². The number of nitrogens with zero attached hydrogens (tertiary/aromatic N) is 3. The lowest BCUT2D eigenvalue weighted by molar-refractivity contribution is 0.0970. The van der Waals surface area contributed by atoms with Gasteiger partial charge in [0.25, 0.3) is 5.91 Å². The minimum atomic E-state index is -0.846. The Kier molecular flexibility index (Phi) is 4.66. The van der Waals surface area contributed by atoms with Gasteiger partial charge in [-0.1, -0.05) is 43.4 Å². The highest BCUT2D eigenvalue weighted by Crippen LogP contribution is 2.42. The minimum absolute atomic E-state index is 0.0377. The van der Waals surface area contributed by atoms with E-state index in [2.05, 4.69) is 10.2 Å². The molecular weight excluding hydrogens is 417 g/mol. The van der Waals surface area contributed by atoms with Crippen LogP contribution in [0.15, 0.2) is 51.7 Å². The Morgan fingerprint density at radius 1 is 1.10 bits per heavy atom. The number of carbonyl (C=O) groups is 1. The lowest BCUT2D eigenvalue weighted by Crippen LogP contribution is -2.29. The second-order valence-corrected chi connectivity index (χ2v) is 8.36. The molecule has 2 aromatic carbocycles. The fourth-order valence-electron chi connectivity index (χ4n) is 3.91. The predicted octanol–water partition coefficient (Wildman–Crippen LogP) is 4.66. The lowest BCUT2D eigenvalue weighted by Gasteiger charge is -2.22. The van der Waals surface area contributed by atoms with Crippen molar-refractivity contribution in [3.05, 3.63) is 86.0 Å². The molecule has 0 aliphatic carbocycles. The zero-order valence-electron chi connectivity index (χ0n) is 16.9. The largest absolute Gasteiger partial charge is 0.450 e. The van der Waals surface area contributed by atoms with Crippen LogP contribution in [0.4, 0.5) is 9.52 Å². The first-order valence-corrected chi connectivity index (χ1v) is 10.8. The van der Waals surface area contributed by atoms with Gasteiger partial charge >= 0.3 is 0 Å². The molecular formula is C23H18FN3O3S. The van der Waals surface area contributed by atoms with E-state index < -0.39 is 17.8 Å². The molecule has 8 heteroatoms. The maximum absolute atomic E-state index is 14.1. The van der Waals surface area contributed by atoms with Crippen LogP contribution in [0.2, 0.25) is 0 Å². The van der Waals surface area contributed by atoms with Crippen LogP contribution in [0.5, 0.6) is 0 Å². The SMILES string of the molecule is CCc1ccc2oc3c(c(=O)c2c1)C(c1cccc(F)c1)N(c1nnc(CC)s1)C3=O. The predicted molar refractivity (Wildman–Crippen MR) is 116 cm³/mol. The maximum Gasteiger partial charge on any atom is 0.297 e. The van der Waals surface area contributed by atoms with Gasteiger partial charge in [-0.25, -0.2) is 4.39 Å². The normalized spacial score (nSPS) is 15.6. The Bertz CT molecular complexity index is 1390. The summed E-state index contributed by atoms with van der Waals surface area (Å²) in [6.45, 7) is 3.94. The Labute approximate surface area is 181 Å². The van der Waals surface area contributed by atoms with Crippen molar-refractivity contribution in [1.29, 1.82) is 0 Å². The molecule has 31 heavy (non-hydrogen) atoms. The van der Waals surface area contributed by atoms with Gasteiger partial charge in [0.2, 0.25) is 10.9 Å². The Balaban J connectivity index is 1.80. The second-order valence-electron chi connectivity index (χ2n) is 7.32. The third kappa shape index (κ3) is 3.06. The highest BCUT2D eigenvalue weighted by Gasteiger charge is 2.45. The summed E-state index contributed by atoms with van der Waals surface area (Å²) in [5.74, 6) is -0.978. The van der Waals surface area contributed by atoms with Crippen LogP contribution in [0.1, 0.15) is 52.1 Å². The van der Waals surface area contributed by atoms with E-state index in [0.717, 1.165) is 17.0 Å². The van der Waals surface area contributed by atoms with Crippen LogP contribution in [-0.2, 0) is 12.8 Å². The summed E-state index contributed by atoms with van der Waals surface area (Å²) in [6.07, 6.45) is 1.42. The first kappa shape index (κ1) is 19.6. The number of aryl methyl sites for hydroxylation is 2. The molecule has 0 bridgehead atoms. The van der Waals surface area contributed by atoms with E-state index >= 15 is 0 Å². The molecule has 0 saturated heterocycles. The molecule has 1 aliphatic rings. The van der Waals surface area contributed by atoms with E-state index in [4.69, 9.17) is 4.42 Å². The Morgan fingerprint density at radius 3 is 2.65 bits per heavy atom. The van der Waals surface area contributed by atoms with E-state index in [-0.39, 0.29) is 16.8 Å². The number of aromatic nitrogens is 2. The standard InChI is InChI=1S/C23H18FN3O3S/c1-3-12-8-9-16-15(10-12)20(28)18-19(13-6-5-7-14(24)11-13)27(22(29)21(18)30-16)23-26-25-17(4-2)31-23/h5-11,19H,3-4H2,1-2H3. The van der Waals surface area contributed by atoms with Crippen LogP contribution in [0.3, 0.4) is 0 Å². The summed E-state index contributed by atoms with van der Waals surface area (Å²) in [4.78, 5) is 28.4. The number of amides is 1. The van der Waals surface area contributed by atoms with Crippen LogP contribution in [0.25, 0.3) is 11.0 Å². The Hall–Kier alpha value is -3.39. The number of fused-ring (bicyclic) bond motifs is 2. The first-order valence-electron chi connectivity index (χ1n) is 10.0. The number of carbonyl (C=O) groups excluding carboxylic acids is 1. The molecule has 1 amide bonds. The summed E-state index contributed by atoms with van der Waals surface area (Å²) in [7, 11) is 0. The fourth-order valence-corrected chi connectivity index (χ4v) is 4.72. The van der Waals surface area contributed by atoms with E-state index in [1.165, 1.54) is 28.4 Å². The fraction of sp³-hybridized carbons (Fsp3) is 0.217. The molecule has 2 aromatic heterocycles. The van der Waals surface area contributed by atoms with Gasteiger partial charge in [-0.15, -0.1) is 10.2 Å². The zero-order chi connectivity index (χ0) is 21.7. The number of hydrogen-bond donors (Lipinski definition) is 0. The first-order chi connectivity index (χ1) is 15.0. The number of anilines is 1. The zero-order valence-corrected chi connectivity index (χ0v) is 17.7. The molecule has 6 nitrogen and oxygen atoms in total. The van der Waals surface area contributed by atoms with Gasteiger partial charge in [-0.05, 0) is 48.2 Å². The van der Waals surface area contributed by atoms with Crippen molar-refractivity contribution in [2.75, 3.05) is 4.90 Å². The van der Waals surface area contributed by atoms with Crippen molar-refractivity contribution >= 4 is 33.3 Å². The third-order valence-electron chi connectivity index (χ3n) is 5.47. The van der Waals surface area contributed by atoms with Crippen molar-refractivity contribution in [2.45, 2.75) is 32.7 Å². The minimum Gasteiger partial charge on any atom is -0.450 e. The average molecular weight is 435 g/mol. The van der Waals surface area contributed by atoms with Crippen LogP contribution in [0, 0.1) is 5.82 Å². The van der Waals surface area contributed by atoms with Crippen molar-refractivity contribution in [3.8, 4) is 0 Å². The molecule has 4 aromatic rings. The van der Waals surface area contributed by atoms with Gasteiger partial charge in [0.15, 0.2) is 5.43 Å². The highest BCUT2D eigenvalue weighted by molar-refractivity contribution is 7.15. The van der Waals surface area contributed by atoms with Crippen molar-refractivity contribution in [1.82, 2.24) is 10.2 Å². The van der Waals surface area contributed by atoms with Gasteiger partial charge in [0.05, 0.1) is 17.0 Å². The summed E-state index contributed by atoms with van der Waals surface area (Å²) < 4.78 is 20.0. The number of hydrogen-bond acceptors (Lipinski definition) is 6. The van der Waals surface area contributed by atoms with Crippen molar-refractivity contribution in [3.63, 3.8) is 0 Å².